The third-order valence-electron chi connectivity index (χ3n) is 3.33. The first-order chi connectivity index (χ1) is 9.91. The van der Waals surface area contributed by atoms with Crippen molar-refractivity contribution in [1.82, 2.24) is 4.98 Å². The summed E-state index contributed by atoms with van der Waals surface area (Å²) in [4.78, 5) is 3.78. The molecule has 1 heterocycles. The molecule has 1 aromatic heterocycles. The van der Waals surface area contributed by atoms with E-state index in [-0.39, 0.29) is 0 Å². The highest BCUT2D eigenvalue weighted by Crippen LogP contribution is 2.11. The topological polar surface area (TPSA) is 12.9 Å². The fraction of sp³-hybridized carbons (Fsp3) is 0.632. The maximum absolute atomic E-state index is 3.78. The lowest BCUT2D eigenvalue weighted by atomic mass is 10.1. The molecule has 0 saturated heterocycles. The summed E-state index contributed by atoms with van der Waals surface area (Å²) >= 11 is 0. The van der Waals surface area contributed by atoms with Gasteiger partial charge in [0, 0.05) is 12.4 Å². The Kier molecular flexibility index (Phi) is 16.9. The summed E-state index contributed by atoms with van der Waals surface area (Å²) in [6.45, 7) is 6.01. The van der Waals surface area contributed by atoms with Crippen molar-refractivity contribution in [2.45, 2.75) is 77.6 Å². The zero-order valence-corrected chi connectivity index (χ0v) is 13.4. The second-order valence-corrected chi connectivity index (χ2v) is 5.28. The minimum absolute atomic E-state index is 1.20. The van der Waals surface area contributed by atoms with Crippen LogP contribution in [-0.4, -0.2) is 4.98 Å². The molecule has 0 saturated carbocycles. The smallest absolute Gasteiger partial charge is 0.0267 e. The van der Waals surface area contributed by atoms with Gasteiger partial charge in [0.25, 0.3) is 0 Å². The minimum atomic E-state index is 1.20. The second-order valence-electron chi connectivity index (χ2n) is 5.28. The van der Waals surface area contributed by atoms with Crippen LogP contribution in [0.1, 0.15) is 77.6 Å². The first-order valence-electron chi connectivity index (χ1n) is 8.37. The van der Waals surface area contributed by atoms with Crippen LogP contribution in [0.3, 0.4) is 0 Å². The molecule has 114 valence electrons. The number of rotatable bonds is 11. The Bertz CT molecular complexity index is 242. The Hall–Kier alpha value is -1.11. The summed E-state index contributed by atoms with van der Waals surface area (Å²) in [5.41, 5.74) is 0. The van der Waals surface area contributed by atoms with Crippen LogP contribution in [0.4, 0.5) is 0 Å². The molecule has 0 fully saturated rings. The summed E-state index contributed by atoms with van der Waals surface area (Å²) in [6, 6.07) is 5.72. The van der Waals surface area contributed by atoms with Crippen LogP contribution in [0.5, 0.6) is 0 Å². The normalized spacial score (nSPS) is 9.65. The number of nitrogens with zero attached hydrogens (tertiary/aromatic N) is 1. The summed E-state index contributed by atoms with van der Waals surface area (Å²) in [5.74, 6) is 0. The highest BCUT2D eigenvalue weighted by molar-refractivity contribution is 4.88. The largest absolute Gasteiger partial charge is 0.265 e. The molecular weight excluding hydrogens is 242 g/mol. The molecule has 0 N–H and O–H groups in total. The predicted molar refractivity (Wildman–Crippen MR) is 90.9 cm³/mol. The van der Waals surface area contributed by atoms with Gasteiger partial charge in [-0.05, 0) is 25.0 Å². The fourth-order valence-electron chi connectivity index (χ4n) is 2.09. The molecule has 0 aliphatic carbocycles. The molecule has 0 atom stereocenters. The van der Waals surface area contributed by atoms with Crippen molar-refractivity contribution in [2.24, 2.45) is 0 Å². The first kappa shape index (κ1) is 18.9. The van der Waals surface area contributed by atoms with Crippen LogP contribution in [0.15, 0.2) is 43.2 Å². The SMILES string of the molecule is C=CCCCCCCCCCCCC.c1ccncc1. The van der Waals surface area contributed by atoms with E-state index in [9.17, 15) is 0 Å². The third-order valence-corrected chi connectivity index (χ3v) is 3.33. The summed E-state index contributed by atoms with van der Waals surface area (Å²) < 4.78 is 0. The molecule has 0 amide bonds. The van der Waals surface area contributed by atoms with Gasteiger partial charge in [-0.15, -0.1) is 6.58 Å². The molecule has 0 bridgehead atoms. The van der Waals surface area contributed by atoms with Crippen LogP contribution in [0.25, 0.3) is 0 Å². The lowest BCUT2D eigenvalue weighted by molar-refractivity contribution is 0.558. The molecule has 20 heavy (non-hydrogen) atoms. The summed E-state index contributed by atoms with van der Waals surface area (Å²) in [7, 11) is 0. The van der Waals surface area contributed by atoms with Crippen molar-refractivity contribution in [3.05, 3.63) is 43.2 Å². The van der Waals surface area contributed by atoms with Crippen molar-refractivity contribution < 1.29 is 0 Å². The number of pyridine rings is 1. The van der Waals surface area contributed by atoms with E-state index in [1.165, 1.54) is 70.6 Å². The zero-order valence-electron chi connectivity index (χ0n) is 13.4. The average molecular weight is 275 g/mol. The van der Waals surface area contributed by atoms with Gasteiger partial charge in [-0.25, -0.2) is 0 Å². The van der Waals surface area contributed by atoms with Gasteiger partial charge in [-0.2, -0.15) is 0 Å². The van der Waals surface area contributed by atoms with Crippen molar-refractivity contribution in [1.29, 1.82) is 0 Å². The minimum Gasteiger partial charge on any atom is -0.265 e. The van der Waals surface area contributed by atoms with E-state index in [2.05, 4.69) is 18.5 Å². The maximum Gasteiger partial charge on any atom is 0.0267 e. The van der Waals surface area contributed by atoms with E-state index in [0.717, 1.165) is 0 Å². The Morgan fingerprint density at radius 2 is 1.25 bits per heavy atom. The van der Waals surface area contributed by atoms with Gasteiger partial charge in [-0.3, -0.25) is 4.98 Å². The van der Waals surface area contributed by atoms with Crippen LogP contribution in [-0.2, 0) is 0 Å². The van der Waals surface area contributed by atoms with Crippen molar-refractivity contribution in [2.75, 3.05) is 0 Å². The Morgan fingerprint density at radius 1 is 0.750 bits per heavy atom. The van der Waals surface area contributed by atoms with Crippen LogP contribution >= 0.6 is 0 Å². The molecular formula is C19H33N. The highest BCUT2D eigenvalue weighted by atomic mass is 14.6. The first-order valence-corrected chi connectivity index (χ1v) is 8.37. The Morgan fingerprint density at radius 3 is 1.60 bits per heavy atom. The molecule has 0 aliphatic heterocycles. The van der Waals surface area contributed by atoms with Crippen molar-refractivity contribution in [3.8, 4) is 0 Å². The molecule has 0 spiro atoms. The lowest BCUT2D eigenvalue weighted by Crippen LogP contribution is -1.81. The van der Waals surface area contributed by atoms with E-state index in [1.807, 2.05) is 24.3 Å². The number of unbranched alkanes of at least 4 members (excludes halogenated alkanes) is 10. The predicted octanol–water partition coefficient (Wildman–Crippen LogP) is 6.57. The van der Waals surface area contributed by atoms with E-state index >= 15 is 0 Å². The van der Waals surface area contributed by atoms with Gasteiger partial charge in [-0.1, -0.05) is 76.9 Å². The molecule has 0 aromatic carbocycles. The van der Waals surface area contributed by atoms with Gasteiger partial charge in [0.1, 0.15) is 0 Å². The number of allylic oxidation sites excluding steroid dienone is 1. The van der Waals surface area contributed by atoms with Gasteiger partial charge < -0.3 is 0 Å². The van der Waals surface area contributed by atoms with Gasteiger partial charge in [0.05, 0.1) is 0 Å². The molecule has 0 unspecified atom stereocenters. The number of aromatic nitrogens is 1. The molecule has 0 radical (unpaired) electrons. The molecule has 1 nitrogen and oxygen atoms in total. The van der Waals surface area contributed by atoms with E-state index in [0.29, 0.717) is 0 Å². The van der Waals surface area contributed by atoms with Gasteiger partial charge >= 0.3 is 0 Å². The molecule has 1 rings (SSSR count). The monoisotopic (exact) mass is 275 g/mol. The fourth-order valence-corrected chi connectivity index (χ4v) is 2.09. The Labute approximate surface area is 126 Å². The van der Waals surface area contributed by atoms with Crippen molar-refractivity contribution >= 4 is 0 Å². The average Bonchev–Trinajstić information content (AvgIpc) is 2.52. The standard InChI is InChI=1S/C14H28.C5H5N/c1-3-5-7-9-11-13-14-12-10-8-6-4-2;1-2-4-6-5-3-1/h3H,1,4-14H2,2H3;1-5H. The summed E-state index contributed by atoms with van der Waals surface area (Å²) in [5, 5.41) is 0. The second kappa shape index (κ2) is 17.9. The van der Waals surface area contributed by atoms with Gasteiger partial charge in [0.15, 0.2) is 0 Å². The third kappa shape index (κ3) is 16.9. The van der Waals surface area contributed by atoms with E-state index < -0.39 is 0 Å². The van der Waals surface area contributed by atoms with Crippen LogP contribution < -0.4 is 0 Å². The molecule has 1 heteroatoms. The molecule has 0 aliphatic rings. The molecule has 1 aromatic rings. The van der Waals surface area contributed by atoms with Crippen LogP contribution in [0.2, 0.25) is 0 Å². The zero-order chi connectivity index (χ0) is 14.7. The van der Waals surface area contributed by atoms with E-state index in [4.69, 9.17) is 0 Å². The quantitative estimate of drug-likeness (QED) is 0.329. The Balaban J connectivity index is 0.000000493. The van der Waals surface area contributed by atoms with Gasteiger partial charge in [0.2, 0.25) is 0 Å². The summed E-state index contributed by atoms with van der Waals surface area (Å²) in [6.07, 6.45) is 21.0. The lowest BCUT2D eigenvalue weighted by Gasteiger charge is -2.00. The number of hydrogen-bond donors (Lipinski definition) is 0. The van der Waals surface area contributed by atoms with E-state index in [1.54, 1.807) is 12.4 Å². The maximum atomic E-state index is 3.78. The highest BCUT2D eigenvalue weighted by Gasteiger charge is 1.91. The van der Waals surface area contributed by atoms with Crippen LogP contribution in [0, 0.1) is 0 Å². The number of hydrogen-bond acceptors (Lipinski definition) is 1. The van der Waals surface area contributed by atoms with Crippen molar-refractivity contribution in [3.63, 3.8) is 0 Å².